The van der Waals surface area contributed by atoms with Gasteiger partial charge in [-0.2, -0.15) is 0 Å². The van der Waals surface area contributed by atoms with E-state index in [4.69, 9.17) is 30.2 Å². The lowest BCUT2D eigenvalue weighted by atomic mass is 10.2. The van der Waals surface area contributed by atoms with Crippen molar-refractivity contribution in [2.75, 3.05) is 13.4 Å². The number of carbonyl (C=O) groups excluding carboxylic acids is 3. The van der Waals surface area contributed by atoms with Crippen LogP contribution >= 0.6 is 11.6 Å². The molecule has 27 heavy (non-hydrogen) atoms. The van der Waals surface area contributed by atoms with E-state index in [1.54, 1.807) is 12.1 Å². The third-order valence-corrected chi connectivity index (χ3v) is 3.55. The molecule has 1 aromatic heterocycles. The molecular formula is C17H13ClN2O7. The Morgan fingerprint density at radius 3 is 2.85 bits per heavy atom. The number of rotatable bonds is 5. The molecule has 0 bridgehead atoms. The van der Waals surface area contributed by atoms with Gasteiger partial charge in [0.1, 0.15) is 0 Å². The van der Waals surface area contributed by atoms with Gasteiger partial charge in [-0.25, -0.2) is 4.79 Å². The quantitative estimate of drug-likeness (QED) is 0.451. The molecule has 2 N–H and O–H groups in total. The minimum atomic E-state index is -0.753. The number of esters is 1. The second-order valence-corrected chi connectivity index (χ2v) is 5.56. The maximum Gasteiger partial charge on any atom is 0.331 e. The molecule has 0 unspecified atom stereocenters. The molecule has 0 aliphatic carbocycles. The lowest BCUT2D eigenvalue weighted by molar-refractivity contribution is -0.144. The lowest BCUT2D eigenvalue weighted by Crippen LogP contribution is -2.43. The van der Waals surface area contributed by atoms with E-state index in [1.165, 1.54) is 24.5 Å². The van der Waals surface area contributed by atoms with Crippen molar-refractivity contribution in [1.29, 1.82) is 0 Å². The average Bonchev–Trinajstić information content (AvgIpc) is 3.34. The molecule has 2 amide bonds. The lowest BCUT2D eigenvalue weighted by Gasteiger charge is -2.06. The van der Waals surface area contributed by atoms with Gasteiger partial charge in [-0.15, -0.1) is 0 Å². The van der Waals surface area contributed by atoms with Gasteiger partial charge >= 0.3 is 11.9 Å². The Morgan fingerprint density at radius 1 is 1.22 bits per heavy atom. The van der Waals surface area contributed by atoms with Crippen LogP contribution in [0.15, 0.2) is 41.0 Å². The number of fused-ring (bicyclic) bond motifs is 1. The molecule has 0 atom stereocenters. The highest BCUT2D eigenvalue weighted by atomic mass is 35.5. The van der Waals surface area contributed by atoms with Crippen molar-refractivity contribution >= 4 is 35.5 Å². The molecule has 1 aliphatic rings. The Bertz CT molecular complexity index is 893. The summed E-state index contributed by atoms with van der Waals surface area (Å²) in [4.78, 5) is 34.8. The van der Waals surface area contributed by atoms with Crippen LogP contribution in [0.2, 0.25) is 5.02 Å². The van der Waals surface area contributed by atoms with Crippen molar-refractivity contribution in [3.8, 4) is 11.5 Å². The molecule has 140 valence electrons. The Balaban J connectivity index is 1.44. The van der Waals surface area contributed by atoms with Gasteiger partial charge in [0.15, 0.2) is 23.9 Å². The van der Waals surface area contributed by atoms with Crippen molar-refractivity contribution in [3.63, 3.8) is 0 Å². The first-order valence-corrected chi connectivity index (χ1v) is 7.97. The fraction of sp³-hybridized carbons (Fsp3) is 0.118. The number of hydrogen-bond acceptors (Lipinski definition) is 7. The second kappa shape index (κ2) is 8.28. The van der Waals surface area contributed by atoms with E-state index in [2.05, 4.69) is 10.9 Å². The molecule has 0 fully saturated rings. The third-order valence-electron chi connectivity index (χ3n) is 3.27. The van der Waals surface area contributed by atoms with Crippen LogP contribution in [-0.4, -0.2) is 31.2 Å². The molecule has 0 saturated heterocycles. The highest BCUT2D eigenvalue weighted by Crippen LogP contribution is 2.40. The molecule has 10 heteroatoms. The number of benzene rings is 1. The zero-order chi connectivity index (χ0) is 19.2. The summed E-state index contributed by atoms with van der Waals surface area (Å²) in [5.41, 5.74) is 4.80. The van der Waals surface area contributed by atoms with Gasteiger partial charge < -0.3 is 18.6 Å². The zero-order valence-corrected chi connectivity index (χ0v) is 14.4. The number of furan rings is 1. The molecule has 1 aliphatic heterocycles. The summed E-state index contributed by atoms with van der Waals surface area (Å²) in [6, 6.07) is 6.19. The normalized spacial score (nSPS) is 12.0. The Kier molecular flexibility index (Phi) is 5.62. The number of nitrogens with one attached hydrogen (secondary N) is 2. The SMILES string of the molecule is O=C(COC(=O)/C=C/c1cc(Cl)c2c(c1)OCO2)NNC(=O)c1ccco1. The van der Waals surface area contributed by atoms with E-state index >= 15 is 0 Å². The average molecular weight is 393 g/mol. The molecular weight excluding hydrogens is 380 g/mol. The van der Waals surface area contributed by atoms with Gasteiger partial charge in [0.25, 0.3) is 5.91 Å². The molecule has 3 rings (SSSR count). The van der Waals surface area contributed by atoms with Gasteiger partial charge in [-0.3, -0.25) is 20.4 Å². The highest BCUT2D eigenvalue weighted by Gasteiger charge is 2.17. The van der Waals surface area contributed by atoms with Crippen LogP contribution in [0.5, 0.6) is 11.5 Å². The summed E-state index contributed by atoms with van der Waals surface area (Å²) in [6.45, 7) is -0.501. The molecule has 2 heterocycles. The van der Waals surface area contributed by atoms with E-state index in [0.29, 0.717) is 22.1 Å². The Morgan fingerprint density at radius 2 is 2.07 bits per heavy atom. The minimum absolute atomic E-state index is 0.0256. The molecule has 0 radical (unpaired) electrons. The summed E-state index contributed by atoms with van der Waals surface area (Å²) in [5.74, 6) is -1.16. The largest absolute Gasteiger partial charge is 0.459 e. The molecule has 9 nitrogen and oxygen atoms in total. The van der Waals surface area contributed by atoms with E-state index in [9.17, 15) is 14.4 Å². The summed E-state index contributed by atoms with van der Waals surface area (Å²) >= 11 is 6.04. The molecule has 0 saturated carbocycles. The summed E-state index contributed by atoms with van der Waals surface area (Å²) < 4.78 is 20.0. The van der Waals surface area contributed by atoms with E-state index in [0.717, 1.165) is 6.08 Å². The smallest absolute Gasteiger partial charge is 0.331 e. The van der Waals surface area contributed by atoms with Crippen LogP contribution < -0.4 is 20.3 Å². The maximum absolute atomic E-state index is 11.7. The van der Waals surface area contributed by atoms with Gasteiger partial charge in [-0.05, 0) is 35.9 Å². The Labute approximate surface area is 157 Å². The highest BCUT2D eigenvalue weighted by molar-refractivity contribution is 6.32. The summed E-state index contributed by atoms with van der Waals surface area (Å²) in [5, 5.41) is 0.352. The van der Waals surface area contributed by atoms with E-state index < -0.39 is 24.4 Å². The number of hydrazine groups is 1. The van der Waals surface area contributed by atoms with Crippen LogP contribution in [0.4, 0.5) is 0 Å². The second-order valence-electron chi connectivity index (χ2n) is 5.16. The molecule has 1 aromatic carbocycles. The fourth-order valence-corrected chi connectivity index (χ4v) is 2.34. The molecule has 2 aromatic rings. The van der Waals surface area contributed by atoms with Crippen LogP contribution in [0, 0.1) is 0 Å². The zero-order valence-electron chi connectivity index (χ0n) is 13.7. The van der Waals surface area contributed by atoms with Crippen LogP contribution in [0.3, 0.4) is 0 Å². The van der Waals surface area contributed by atoms with Crippen molar-refractivity contribution < 1.29 is 33.0 Å². The number of amides is 2. The van der Waals surface area contributed by atoms with Crippen molar-refractivity contribution in [3.05, 3.63) is 53.0 Å². The number of hydrogen-bond donors (Lipinski definition) is 2. The molecule has 0 spiro atoms. The standard InChI is InChI=1S/C17H13ClN2O7/c18-11-6-10(7-13-16(11)27-9-26-13)3-4-15(22)25-8-14(21)19-20-17(23)12-2-1-5-24-12/h1-7H,8-9H2,(H,19,21)(H,20,23)/b4-3+. The summed E-state index contributed by atoms with van der Waals surface area (Å²) in [7, 11) is 0. The fourth-order valence-electron chi connectivity index (χ4n) is 2.06. The van der Waals surface area contributed by atoms with Crippen LogP contribution in [0.1, 0.15) is 16.1 Å². The number of ether oxygens (including phenoxy) is 3. The van der Waals surface area contributed by atoms with Crippen molar-refractivity contribution in [1.82, 2.24) is 10.9 Å². The maximum atomic E-state index is 11.7. The van der Waals surface area contributed by atoms with Gasteiger partial charge in [0, 0.05) is 6.08 Å². The van der Waals surface area contributed by atoms with Crippen molar-refractivity contribution in [2.24, 2.45) is 0 Å². The summed E-state index contributed by atoms with van der Waals surface area (Å²) in [6.07, 6.45) is 3.90. The topological polar surface area (TPSA) is 116 Å². The predicted octanol–water partition coefficient (Wildman–Crippen LogP) is 1.68. The van der Waals surface area contributed by atoms with Gasteiger partial charge in [0.2, 0.25) is 6.79 Å². The van der Waals surface area contributed by atoms with Gasteiger partial charge in [0.05, 0.1) is 11.3 Å². The monoisotopic (exact) mass is 392 g/mol. The first-order chi connectivity index (χ1) is 13.0. The number of halogens is 1. The third kappa shape index (κ3) is 4.79. The first kappa shape index (κ1) is 18.3. The van der Waals surface area contributed by atoms with Crippen LogP contribution in [0.25, 0.3) is 6.08 Å². The van der Waals surface area contributed by atoms with E-state index in [1.807, 2.05) is 0 Å². The van der Waals surface area contributed by atoms with E-state index in [-0.39, 0.29) is 12.6 Å². The first-order valence-electron chi connectivity index (χ1n) is 7.59. The Hall–Kier alpha value is -3.46. The van der Waals surface area contributed by atoms with Crippen LogP contribution in [-0.2, 0) is 14.3 Å². The van der Waals surface area contributed by atoms with Gasteiger partial charge in [-0.1, -0.05) is 11.6 Å². The van der Waals surface area contributed by atoms with Crippen molar-refractivity contribution in [2.45, 2.75) is 0 Å². The number of carbonyl (C=O) groups is 3. The minimum Gasteiger partial charge on any atom is -0.459 e. The predicted molar refractivity (Wildman–Crippen MR) is 91.9 cm³/mol.